The van der Waals surface area contributed by atoms with Crippen LogP contribution in [0.4, 0.5) is 11.4 Å². The van der Waals surface area contributed by atoms with Crippen LogP contribution >= 0.6 is 0 Å². The number of nitro groups is 1. The minimum atomic E-state index is -0.447. The summed E-state index contributed by atoms with van der Waals surface area (Å²) in [5.74, 6) is -0.167. The Bertz CT molecular complexity index is 783. The molecule has 0 unspecified atom stereocenters. The molecule has 1 aromatic rings. The smallest absolute Gasteiger partial charge is 0.293 e. The van der Waals surface area contributed by atoms with Gasteiger partial charge in [0.05, 0.1) is 11.5 Å². The third-order valence-corrected chi connectivity index (χ3v) is 5.35. The first-order valence-corrected chi connectivity index (χ1v) is 9.85. The van der Waals surface area contributed by atoms with E-state index in [4.69, 9.17) is 0 Å². The molecule has 0 radical (unpaired) electrons. The Kier molecular flexibility index (Phi) is 5.17. The molecule has 2 aliphatic carbocycles. The molecule has 0 aromatic heterocycles. The van der Waals surface area contributed by atoms with Gasteiger partial charge in [-0.2, -0.15) is 0 Å². The van der Waals surface area contributed by atoms with Crippen molar-refractivity contribution in [3.8, 4) is 0 Å². The van der Waals surface area contributed by atoms with Gasteiger partial charge in [0.25, 0.3) is 11.6 Å². The van der Waals surface area contributed by atoms with Crippen LogP contribution in [0.1, 0.15) is 36.0 Å². The topological polar surface area (TPSA) is 108 Å². The molecule has 9 nitrogen and oxygen atoms in total. The second-order valence-corrected chi connectivity index (χ2v) is 7.82. The first kappa shape index (κ1) is 18.7. The number of nitrogens with one attached hydrogen (secondary N) is 2. The third kappa shape index (κ3) is 4.59. The molecule has 0 atom stereocenters. The van der Waals surface area contributed by atoms with Crippen molar-refractivity contribution in [1.82, 2.24) is 15.1 Å². The number of benzene rings is 1. The molecule has 1 saturated heterocycles. The molecule has 150 valence electrons. The lowest BCUT2D eigenvalue weighted by molar-refractivity contribution is -0.384. The normalized spacial score (nSPS) is 19.9. The quantitative estimate of drug-likeness (QED) is 0.538. The lowest BCUT2D eigenvalue weighted by Gasteiger charge is -2.34. The SMILES string of the molecule is O=C(CN1CCN(C(=O)c2ccc(NC3CC3)c([N+](=O)[O-])c2)CC1)NC1CC1. The third-order valence-electron chi connectivity index (χ3n) is 5.35. The van der Waals surface area contributed by atoms with Gasteiger partial charge < -0.3 is 15.5 Å². The zero-order valence-corrected chi connectivity index (χ0v) is 15.7. The van der Waals surface area contributed by atoms with E-state index >= 15 is 0 Å². The second-order valence-electron chi connectivity index (χ2n) is 7.82. The number of anilines is 1. The lowest BCUT2D eigenvalue weighted by atomic mass is 10.1. The molecule has 28 heavy (non-hydrogen) atoms. The summed E-state index contributed by atoms with van der Waals surface area (Å²) in [6.07, 6.45) is 4.16. The van der Waals surface area contributed by atoms with E-state index in [2.05, 4.69) is 10.6 Å². The van der Waals surface area contributed by atoms with E-state index in [1.807, 2.05) is 4.90 Å². The van der Waals surface area contributed by atoms with Crippen molar-refractivity contribution in [2.75, 3.05) is 38.0 Å². The molecule has 2 N–H and O–H groups in total. The molecule has 2 amide bonds. The maximum Gasteiger partial charge on any atom is 0.293 e. The van der Waals surface area contributed by atoms with Gasteiger partial charge in [-0.1, -0.05) is 0 Å². The average molecular weight is 387 g/mol. The first-order valence-electron chi connectivity index (χ1n) is 9.85. The molecular weight excluding hydrogens is 362 g/mol. The molecule has 1 heterocycles. The Hall–Kier alpha value is -2.68. The number of carbonyl (C=O) groups excluding carboxylic acids is 2. The predicted octanol–water partition coefficient (Wildman–Crippen LogP) is 1.21. The summed E-state index contributed by atoms with van der Waals surface area (Å²) in [6, 6.07) is 5.29. The first-order chi connectivity index (χ1) is 13.5. The summed E-state index contributed by atoms with van der Waals surface area (Å²) >= 11 is 0. The minimum Gasteiger partial charge on any atom is -0.377 e. The van der Waals surface area contributed by atoms with Crippen LogP contribution in [-0.4, -0.2) is 71.3 Å². The van der Waals surface area contributed by atoms with Crippen molar-refractivity contribution >= 4 is 23.2 Å². The molecule has 1 aromatic carbocycles. The summed E-state index contributed by atoms with van der Waals surface area (Å²) < 4.78 is 0. The number of hydrogen-bond acceptors (Lipinski definition) is 6. The van der Waals surface area contributed by atoms with E-state index in [1.165, 1.54) is 6.07 Å². The molecule has 9 heteroatoms. The summed E-state index contributed by atoms with van der Waals surface area (Å²) in [5.41, 5.74) is 0.733. The van der Waals surface area contributed by atoms with Crippen LogP contribution in [0, 0.1) is 10.1 Å². The van der Waals surface area contributed by atoms with Gasteiger partial charge in [-0.3, -0.25) is 24.6 Å². The summed E-state index contributed by atoms with van der Waals surface area (Å²) in [6.45, 7) is 2.60. The van der Waals surface area contributed by atoms with Crippen LogP contribution in [0.5, 0.6) is 0 Å². The predicted molar refractivity (Wildman–Crippen MR) is 103 cm³/mol. The Morgan fingerprint density at radius 2 is 1.75 bits per heavy atom. The van der Waals surface area contributed by atoms with E-state index < -0.39 is 4.92 Å². The highest BCUT2D eigenvalue weighted by Gasteiger charge is 2.29. The Labute approximate surface area is 163 Å². The van der Waals surface area contributed by atoms with Crippen molar-refractivity contribution in [3.63, 3.8) is 0 Å². The molecule has 0 spiro atoms. The fourth-order valence-corrected chi connectivity index (χ4v) is 3.38. The largest absolute Gasteiger partial charge is 0.377 e. The van der Waals surface area contributed by atoms with E-state index in [9.17, 15) is 19.7 Å². The van der Waals surface area contributed by atoms with Crippen molar-refractivity contribution in [3.05, 3.63) is 33.9 Å². The van der Waals surface area contributed by atoms with Crippen molar-refractivity contribution in [2.45, 2.75) is 37.8 Å². The van der Waals surface area contributed by atoms with E-state index in [-0.39, 0.29) is 17.5 Å². The lowest BCUT2D eigenvalue weighted by Crippen LogP contribution is -2.51. The number of carbonyl (C=O) groups is 2. The summed E-state index contributed by atoms with van der Waals surface area (Å²) in [4.78, 5) is 39.4. The highest BCUT2D eigenvalue weighted by atomic mass is 16.6. The molecule has 3 fully saturated rings. The van der Waals surface area contributed by atoms with E-state index in [0.29, 0.717) is 56.1 Å². The van der Waals surface area contributed by atoms with Gasteiger partial charge in [-0.05, 0) is 37.8 Å². The van der Waals surface area contributed by atoms with E-state index in [1.54, 1.807) is 17.0 Å². The second kappa shape index (κ2) is 7.75. The molecule has 0 bridgehead atoms. The van der Waals surface area contributed by atoms with Gasteiger partial charge in [0.2, 0.25) is 5.91 Å². The number of piperazine rings is 1. The number of nitro benzene ring substituents is 1. The van der Waals surface area contributed by atoms with Crippen LogP contribution in [0.15, 0.2) is 18.2 Å². The fraction of sp³-hybridized carbons (Fsp3) is 0.579. The zero-order valence-electron chi connectivity index (χ0n) is 15.7. The fourth-order valence-electron chi connectivity index (χ4n) is 3.38. The number of rotatable bonds is 7. The van der Waals surface area contributed by atoms with Crippen molar-refractivity contribution < 1.29 is 14.5 Å². The molecular formula is C19H25N5O4. The zero-order chi connectivity index (χ0) is 19.7. The Morgan fingerprint density at radius 3 is 2.36 bits per heavy atom. The van der Waals surface area contributed by atoms with Crippen molar-refractivity contribution in [1.29, 1.82) is 0 Å². The van der Waals surface area contributed by atoms with Crippen LogP contribution in [0.3, 0.4) is 0 Å². The summed E-state index contributed by atoms with van der Waals surface area (Å²) in [5, 5.41) is 17.5. The van der Waals surface area contributed by atoms with Crippen molar-refractivity contribution in [2.24, 2.45) is 0 Å². The van der Waals surface area contributed by atoms with Crippen LogP contribution in [-0.2, 0) is 4.79 Å². The van der Waals surface area contributed by atoms with Gasteiger partial charge in [-0.15, -0.1) is 0 Å². The number of amides is 2. The summed E-state index contributed by atoms with van der Waals surface area (Å²) in [7, 11) is 0. The number of nitrogens with zero attached hydrogens (tertiary/aromatic N) is 3. The highest BCUT2D eigenvalue weighted by molar-refractivity contribution is 5.96. The van der Waals surface area contributed by atoms with Gasteiger partial charge in [0.1, 0.15) is 5.69 Å². The Balaban J connectivity index is 1.34. The highest BCUT2D eigenvalue weighted by Crippen LogP contribution is 2.31. The standard InChI is InChI=1S/C19H25N5O4/c25-18(21-15-4-5-15)12-22-7-9-23(10-8-22)19(26)13-1-6-16(20-14-2-3-14)17(11-13)24(27)28/h1,6,11,14-15,20H,2-5,7-10,12H2,(H,21,25). The minimum absolute atomic E-state index is 0.0386. The average Bonchev–Trinajstić information content (AvgIpc) is 3.59. The molecule has 1 aliphatic heterocycles. The van der Waals surface area contributed by atoms with Crippen LogP contribution in [0.25, 0.3) is 0 Å². The monoisotopic (exact) mass is 387 g/mol. The molecule has 3 aliphatic rings. The maximum atomic E-state index is 12.8. The van der Waals surface area contributed by atoms with Gasteiger partial charge in [0, 0.05) is 49.9 Å². The van der Waals surface area contributed by atoms with Gasteiger partial charge >= 0.3 is 0 Å². The maximum absolute atomic E-state index is 12.8. The molecule has 4 rings (SSSR count). The van der Waals surface area contributed by atoms with Gasteiger partial charge in [-0.25, -0.2) is 0 Å². The Morgan fingerprint density at radius 1 is 1.07 bits per heavy atom. The number of hydrogen-bond donors (Lipinski definition) is 2. The van der Waals surface area contributed by atoms with Crippen LogP contribution in [0.2, 0.25) is 0 Å². The van der Waals surface area contributed by atoms with E-state index in [0.717, 1.165) is 25.7 Å². The van der Waals surface area contributed by atoms with Gasteiger partial charge in [0.15, 0.2) is 0 Å². The molecule has 2 saturated carbocycles. The van der Waals surface area contributed by atoms with Crippen LogP contribution < -0.4 is 10.6 Å².